The fraction of sp³-hybridized carbons (Fsp3) is 0.833. The Morgan fingerprint density at radius 1 is 1.11 bits per heavy atom. The molecule has 35 heavy (non-hydrogen) atoms. The molecule has 0 aromatic carbocycles. The molecule has 200 valence electrons. The number of hydrogen-bond donors (Lipinski definition) is 1. The highest BCUT2D eigenvalue weighted by molar-refractivity contribution is 6.84. The Balaban J connectivity index is 2.10. The summed E-state index contributed by atoms with van der Waals surface area (Å²) in [5.41, 5.74) is -1.46. The van der Waals surface area contributed by atoms with Crippen LogP contribution in [0, 0.1) is 0 Å². The molecule has 2 saturated heterocycles. The predicted molar refractivity (Wildman–Crippen MR) is 138 cm³/mol. The molecule has 4 atom stereocenters. The van der Waals surface area contributed by atoms with Crippen LogP contribution in [0.2, 0.25) is 22.2 Å². The molecule has 0 aliphatic carbocycles. The molecule has 0 unspecified atom stereocenters. The normalized spacial score (nSPS) is 30.5. The van der Waals surface area contributed by atoms with Crippen LogP contribution in [-0.4, -0.2) is 62.8 Å². The van der Waals surface area contributed by atoms with Crippen LogP contribution in [0.5, 0.6) is 5.88 Å². The van der Waals surface area contributed by atoms with Crippen LogP contribution in [0.1, 0.15) is 75.5 Å². The molecule has 0 bridgehead atoms. The van der Waals surface area contributed by atoms with Gasteiger partial charge in [0.1, 0.15) is 17.8 Å². The van der Waals surface area contributed by atoms with E-state index in [2.05, 4.69) is 60.4 Å². The number of aliphatic hydroxyl groups is 1. The Kier molecular flexibility index (Phi) is 8.42. The van der Waals surface area contributed by atoms with E-state index in [0.717, 1.165) is 0 Å². The Morgan fingerprint density at radius 3 is 2.17 bits per heavy atom. The number of ether oxygens (including phenoxy) is 2. The average Bonchev–Trinajstić information content (AvgIpc) is 2.97. The minimum Gasteiger partial charge on any atom is -0.478 e. The molecule has 2 fully saturated rings. The molecule has 3 heterocycles. The van der Waals surface area contributed by atoms with Gasteiger partial charge in [0, 0.05) is 12.3 Å². The van der Waals surface area contributed by atoms with E-state index in [0.29, 0.717) is 6.61 Å². The Morgan fingerprint density at radius 2 is 1.69 bits per heavy atom. The van der Waals surface area contributed by atoms with Gasteiger partial charge in [-0.2, -0.15) is 4.98 Å². The molecule has 3 rings (SSSR count). The molecule has 2 aliphatic rings. The maximum Gasteiger partial charge on any atom is 0.353 e. The third-order valence-corrected chi connectivity index (χ3v) is 17.6. The number of nitrogens with zero attached hydrogens (tertiary/aromatic N) is 2. The first-order valence-corrected chi connectivity index (χ1v) is 16.8. The summed E-state index contributed by atoms with van der Waals surface area (Å²) in [7, 11) is -5.68. The second-order valence-electron chi connectivity index (χ2n) is 11.2. The maximum absolute atomic E-state index is 12.9. The van der Waals surface area contributed by atoms with Gasteiger partial charge in [-0.25, -0.2) is 4.79 Å². The second kappa shape index (κ2) is 10.3. The minimum atomic E-state index is -2.95. The quantitative estimate of drug-likeness (QED) is 0.524. The third kappa shape index (κ3) is 4.93. The van der Waals surface area contributed by atoms with Gasteiger partial charge in [0.15, 0.2) is 6.23 Å². The SMILES string of the molecule is CCOc1ccn([C@@H]2O[C@@H]3CO[Si](C(C)C)(C(C)C)O[Si](C(C)C)(C(C)C)O[C@H]3[C@@]2(C)O)c(=O)n1. The molecule has 11 heteroatoms. The Labute approximate surface area is 211 Å². The average molecular weight is 529 g/mol. The van der Waals surface area contributed by atoms with E-state index >= 15 is 0 Å². The summed E-state index contributed by atoms with van der Waals surface area (Å²) in [5.74, 6) is 0.237. The lowest BCUT2D eigenvalue weighted by Crippen LogP contribution is -2.66. The van der Waals surface area contributed by atoms with E-state index in [1.54, 1.807) is 19.2 Å². The van der Waals surface area contributed by atoms with Crippen LogP contribution >= 0.6 is 0 Å². The van der Waals surface area contributed by atoms with E-state index in [-0.39, 0.29) is 34.7 Å². The van der Waals surface area contributed by atoms with Gasteiger partial charge in [0.05, 0.1) is 13.2 Å². The Hall–Kier alpha value is -1.09. The molecular formula is C24H44N2O7Si2. The highest BCUT2D eigenvalue weighted by Crippen LogP contribution is 2.50. The van der Waals surface area contributed by atoms with Crippen LogP contribution in [-0.2, 0) is 17.7 Å². The smallest absolute Gasteiger partial charge is 0.353 e. The highest BCUT2D eigenvalue weighted by atomic mass is 28.5. The molecule has 0 amide bonds. The summed E-state index contributed by atoms with van der Waals surface area (Å²) in [5, 5.41) is 11.8. The van der Waals surface area contributed by atoms with Crippen LogP contribution in [0.4, 0.5) is 0 Å². The van der Waals surface area contributed by atoms with Crippen molar-refractivity contribution < 1.29 is 27.5 Å². The van der Waals surface area contributed by atoms with Gasteiger partial charge >= 0.3 is 22.8 Å². The number of fused-ring (bicyclic) bond motifs is 1. The van der Waals surface area contributed by atoms with Crippen molar-refractivity contribution >= 4 is 17.1 Å². The molecule has 1 aromatic heterocycles. The van der Waals surface area contributed by atoms with E-state index in [1.165, 1.54) is 4.57 Å². The van der Waals surface area contributed by atoms with Gasteiger partial charge in [-0.3, -0.25) is 4.57 Å². The zero-order chi connectivity index (χ0) is 26.3. The largest absolute Gasteiger partial charge is 0.478 e. The topological polar surface area (TPSA) is 101 Å². The second-order valence-corrected chi connectivity index (χ2v) is 20.0. The lowest BCUT2D eigenvalue weighted by atomic mass is 9.96. The summed E-state index contributed by atoms with van der Waals surface area (Å²) < 4.78 is 33.9. The molecule has 2 aliphatic heterocycles. The van der Waals surface area contributed by atoms with E-state index in [9.17, 15) is 9.90 Å². The summed E-state index contributed by atoms with van der Waals surface area (Å²) >= 11 is 0. The standard InChI is InChI=1S/C24H44N2O7Si2/c1-11-29-20-12-13-26(23(27)25-20)22-24(10,28)21-19(31-22)14-30-34(15(2)3,16(4)5)33-35(32-21,17(6)7)18(8)9/h12-13,15-19,21-22,28H,11,14H2,1-10H3/t19-,21-,22-,24-/m1/s1. The van der Waals surface area contributed by atoms with Crippen molar-refractivity contribution in [2.45, 2.75) is 115 Å². The molecule has 1 aromatic rings. The first-order chi connectivity index (χ1) is 16.2. The predicted octanol–water partition coefficient (Wildman–Crippen LogP) is 4.25. The minimum absolute atomic E-state index is 0.110. The van der Waals surface area contributed by atoms with Crippen molar-refractivity contribution in [3.63, 3.8) is 0 Å². The lowest BCUT2D eigenvalue weighted by molar-refractivity contribution is -0.0974. The number of rotatable bonds is 7. The van der Waals surface area contributed by atoms with E-state index in [4.69, 9.17) is 22.4 Å². The van der Waals surface area contributed by atoms with Crippen molar-refractivity contribution in [3.8, 4) is 5.88 Å². The fourth-order valence-electron chi connectivity index (χ4n) is 5.49. The van der Waals surface area contributed by atoms with Gasteiger partial charge in [-0.1, -0.05) is 55.4 Å². The molecule has 0 radical (unpaired) electrons. The molecule has 9 nitrogen and oxygen atoms in total. The van der Waals surface area contributed by atoms with Crippen molar-refractivity contribution in [2.24, 2.45) is 0 Å². The van der Waals surface area contributed by atoms with Gasteiger partial charge in [-0.05, 0) is 36.0 Å². The maximum atomic E-state index is 12.9. The van der Waals surface area contributed by atoms with Crippen molar-refractivity contribution in [2.75, 3.05) is 13.2 Å². The molecular weight excluding hydrogens is 484 g/mol. The van der Waals surface area contributed by atoms with E-state index < -0.39 is 46.8 Å². The first-order valence-electron chi connectivity index (χ1n) is 12.8. The summed E-state index contributed by atoms with van der Waals surface area (Å²) in [4.78, 5) is 16.9. The third-order valence-electron chi connectivity index (χ3n) is 7.39. The van der Waals surface area contributed by atoms with Gasteiger partial charge < -0.3 is 27.5 Å². The van der Waals surface area contributed by atoms with E-state index in [1.807, 2.05) is 6.92 Å². The number of hydrogen-bond acceptors (Lipinski definition) is 8. The van der Waals surface area contributed by atoms with Gasteiger partial charge in [-0.15, -0.1) is 0 Å². The van der Waals surface area contributed by atoms with Crippen molar-refractivity contribution in [3.05, 3.63) is 22.7 Å². The van der Waals surface area contributed by atoms with Gasteiger partial charge in [0.25, 0.3) is 0 Å². The Bertz CT molecular complexity index is 919. The molecule has 0 spiro atoms. The summed E-state index contributed by atoms with van der Waals surface area (Å²) in [6.45, 7) is 21.3. The zero-order valence-electron chi connectivity index (χ0n) is 22.9. The highest BCUT2D eigenvalue weighted by Gasteiger charge is 2.64. The summed E-state index contributed by atoms with van der Waals surface area (Å²) in [6.07, 6.45) is -0.734. The van der Waals surface area contributed by atoms with Gasteiger partial charge in [0.2, 0.25) is 5.88 Å². The summed E-state index contributed by atoms with van der Waals surface area (Å²) in [6, 6.07) is 1.60. The molecule has 0 saturated carbocycles. The van der Waals surface area contributed by atoms with Crippen LogP contribution in [0.3, 0.4) is 0 Å². The molecule has 1 N–H and O–H groups in total. The van der Waals surface area contributed by atoms with Crippen LogP contribution < -0.4 is 10.4 Å². The first kappa shape index (κ1) is 28.5. The van der Waals surface area contributed by atoms with Crippen molar-refractivity contribution in [1.82, 2.24) is 9.55 Å². The fourth-order valence-corrected chi connectivity index (χ4v) is 16.8. The zero-order valence-corrected chi connectivity index (χ0v) is 24.9. The monoisotopic (exact) mass is 528 g/mol. The van der Waals surface area contributed by atoms with Crippen LogP contribution in [0.25, 0.3) is 0 Å². The lowest BCUT2D eigenvalue weighted by Gasteiger charge is -2.52. The van der Waals surface area contributed by atoms with Crippen molar-refractivity contribution in [1.29, 1.82) is 0 Å². The van der Waals surface area contributed by atoms with Crippen LogP contribution in [0.15, 0.2) is 17.1 Å². The number of aromatic nitrogens is 2.